The Hall–Kier alpha value is -3.10. The van der Waals surface area contributed by atoms with Crippen LogP contribution in [0, 0.1) is 0 Å². The molecule has 0 bridgehead atoms. The summed E-state index contributed by atoms with van der Waals surface area (Å²) in [7, 11) is -3.62. The van der Waals surface area contributed by atoms with E-state index in [1.807, 2.05) is 24.3 Å². The van der Waals surface area contributed by atoms with Crippen molar-refractivity contribution in [3.63, 3.8) is 0 Å². The number of thiophene rings is 1. The van der Waals surface area contributed by atoms with E-state index in [0.717, 1.165) is 16.9 Å². The fraction of sp³-hybridized carbons (Fsp3) is 0.174. The van der Waals surface area contributed by atoms with Gasteiger partial charge in [0.1, 0.15) is 4.21 Å². The molecule has 8 heteroatoms. The second kappa shape index (κ2) is 8.95. The van der Waals surface area contributed by atoms with Gasteiger partial charge in [0, 0.05) is 11.3 Å². The SMILES string of the molecule is C=C(NNC(=O)c1ccc(NS(=O)(=O)c2cccs2)cc1)c1ccc(C(C)(C)C)cc1. The molecule has 0 aliphatic rings. The van der Waals surface area contributed by atoms with Gasteiger partial charge in [-0.25, -0.2) is 8.42 Å². The van der Waals surface area contributed by atoms with Gasteiger partial charge in [0.25, 0.3) is 15.9 Å². The van der Waals surface area contributed by atoms with E-state index in [4.69, 9.17) is 0 Å². The smallest absolute Gasteiger partial charge is 0.271 e. The van der Waals surface area contributed by atoms with Crippen molar-refractivity contribution in [1.29, 1.82) is 0 Å². The molecule has 0 spiro atoms. The summed E-state index contributed by atoms with van der Waals surface area (Å²) in [6.07, 6.45) is 0. The van der Waals surface area contributed by atoms with Crippen molar-refractivity contribution in [2.24, 2.45) is 0 Å². The summed E-state index contributed by atoms with van der Waals surface area (Å²) in [5.74, 6) is -0.361. The first-order valence-corrected chi connectivity index (χ1v) is 11.9. The van der Waals surface area contributed by atoms with Crippen LogP contribution in [0.1, 0.15) is 42.3 Å². The first-order valence-electron chi connectivity index (χ1n) is 9.59. The molecule has 0 saturated carbocycles. The Balaban J connectivity index is 1.58. The molecule has 6 nitrogen and oxygen atoms in total. The Morgan fingerprint density at radius 3 is 2.06 bits per heavy atom. The lowest BCUT2D eigenvalue weighted by Gasteiger charge is -2.19. The third kappa shape index (κ3) is 5.74. The Labute approximate surface area is 187 Å². The Kier molecular flexibility index (Phi) is 6.52. The molecule has 0 unspecified atom stereocenters. The number of rotatable bonds is 7. The second-order valence-electron chi connectivity index (χ2n) is 8.00. The number of sulfonamides is 1. The van der Waals surface area contributed by atoms with Gasteiger partial charge in [-0.1, -0.05) is 57.7 Å². The summed E-state index contributed by atoms with van der Waals surface area (Å²) in [5, 5.41) is 1.70. The molecular weight excluding hydrogens is 430 g/mol. The highest BCUT2D eigenvalue weighted by molar-refractivity contribution is 7.94. The van der Waals surface area contributed by atoms with E-state index in [2.05, 4.69) is 42.9 Å². The van der Waals surface area contributed by atoms with Gasteiger partial charge in [-0.05, 0) is 52.3 Å². The van der Waals surface area contributed by atoms with Crippen LogP contribution in [-0.4, -0.2) is 14.3 Å². The van der Waals surface area contributed by atoms with Gasteiger partial charge >= 0.3 is 0 Å². The molecule has 0 aliphatic heterocycles. The van der Waals surface area contributed by atoms with E-state index in [1.165, 1.54) is 11.6 Å². The van der Waals surface area contributed by atoms with Crippen LogP contribution in [0.3, 0.4) is 0 Å². The number of hydrogen-bond donors (Lipinski definition) is 3. The van der Waals surface area contributed by atoms with E-state index in [9.17, 15) is 13.2 Å². The van der Waals surface area contributed by atoms with Gasteiger partial charge in [-0.3, -0.25) is 20.4 Å². The lowest BCUT2D eigenvalue weighted by atomic mass is 9.86. The van der Waals surface area contributed by atoms with Gasteiger partial charge in [0.05, 0.1) is 5.70 Å². The van der Waals surface area contributed by atoms with Crippen molar-refractivity contribution in [2.75, 3.05) is 4.72 Å². The molecule has 1 aromatic heterocycles. The third-order valence-corrected chi connectivity index (χ3v) is 7.36. The largest absolute Gasteiger partial charge is 0.298 e. The summed E-state index contributed by atoms with van der Waals surface area (Å²) in [4.78, 5) is 12.4. The molecule has 3 N–H and O–H groups in total. The molecule has 3 rings (SSSR count). The van der Waals surface area contributed by atoms with Crippen molar-refractivity contribution < 1.29 is 13.2 Å². The van der Waals surface area contributed by atoms with Crippen LogP contribution in [-0.2, 0) is 15.4 Å². The fourth-order valence-electron chi connectivity index (χ4n) is 2.76. The maximum Gasteiger partial charge on any atom is 0.271 e. The zero-order chi connectivity index (χ0) is 22.6. The number of anilines is 1. The minimum absolute atomic E-state index is 0.0611. The Bertz CT molecular complexity index is 1160. The number of carbonyl (C=O) groups excluding carboxylic acids is 1. The van der Waals surface area contributed by atoms with Crippen LogP contribution in [0.2, 0.25) is 0 Å². The molecular formula is C23H25N3O3S2. The predicted molar refractivity (Wildman–Crippen MR) is 126 cm³/mol. The summed E-state index contributed by atoms with van der Waals surface area (Å²) in [6.45, 7) is 10.4. The maximum atomic E-state index is 12.4. The van der Waals surface area contributed by atoms with Crippen molar-refractivity contribution >= 4 is 38.7 Å². The quantitative estimate of drug-likeness (QED) is 0.449. The average Bonchev–Trinajstić information content (AvgIpc) is 3.27. The van der Waals surface area contributed by atoms with Crippen LogP contribution in [0.4, 0.5) is 5.69 Å². The normalized spacial score (nSPS) is 11.6. The topological polar surface area (TPSA) is 87.3 Å². The standard InChI is InChI=1S/C23H25N3O3S2/c1-16(17-7-11-19(12-8-17)23(2,3)4)24-25-22(27)18-9-13-20(14-10-18)26-31(28,29)21-6-5-15-30-21/h5-15,24,26H,1H2,2-4H3,(H,25,27). The summed E-state index contributed by atoms with van der Waals surface area (Å²) in [6, 6.07) is 17.4. The molecule has 3 aromatic rings. The minimum Gasteiger partial charge on any atom is -0.298 e. The lowest BCUT2D eigenvalue weighted by molar-refractivity contribution is 0.0942. The second-order valence-corrected chi connectivity index (χ2v) is 10.9. The molecule has 0 aliphatic carbocycles. The van der Waals surface area contributed by atoms with Crippen LogP contribution < -0.4 is 15.6 Å². The van der Waals surface area contributed by atoms with Gasteiger partial charge in [-0.15, -0.1) is 11.3 Å². The number of nitrogens with one attached hydrogen (secondary N) is 3. The van der Waals surface area contributed by atoms with Crippen LogP contribution >= 0.6 is 11.3 Å². The Morgan fingerprint density at radius 2 is 1.52 bits per heavy atom. The monoisotopic (exact) mass is 455 g/mol. The molecule has 0 fully saturated rings. The summed E-state index contributed by atoms with van der Waals surface area (Å²) >= 11 is 1.14. The Morgan fingerprint density at radius 1 is 0.903 bits per heavy atom. The molecule has 1 amide bonds. The van der Waals surface area contributed by atoms with E-state index < -0.39 is 10.0 Å². The molecule has 31 heavy (non-hydrogen) atoms. The van der Waals surface area contributed by atoms with Gasteiger partial charge in [0.2, 0.25) is 0 Å². The first-order chi connectivity index (χ1) is 14.6. The highest BCUT2D eigenvalue weighted by Gasteiger charge is 2.16. The molecule has 0 atom stereocenters. The molecule has 1 heterocycles. The molecule has 0 radical (unpaired) electrons. The van der Waals surface area contributed by atoms with Crippen molar-refractivity contribution in [2.45, 2.75) is 30.4 Å². The van der Waals surface area contributed by atoms with Crippen LogP contribution in [0.5, 0.6) is 0 Å². The van der Waals surface area contributed by atoms with Crippen molar-refractivity contribution in [1.82, 2.24) is 10.9 Å². The minimum atomic E-state index is -3.62. The van der Waals surface area contributed by atoms with Crippen LogP contribution in [0.25, 0.3) is 5.70 Å². The molecule has 162 valence electrons. The lowest BCUT2D eigenvalue weighted by Crippen LogP contribution is -2.35. The summed E-state index contributed by atoms with van der Waals surface area (Å²) < 4.78 is 27.3. The van der Waals surface area contributed by atoms with E-state index in [-0.39, 0.29) is 15.5 Å². The number of hydrazine groups is 1. The van der Waals surface area contributed by atoms with Gasteiger partial charge in [-0.2, -0.15) is 0 Å². The van der Waals surface area contributed by atoms with Crippen molar-refractivity contribution in [3.8, 4) is 0 Å². The number of benzene rings is 2. The van der Waals surface area contributed by atoms with Gasteiger partial charge < -0.3 is 0 Å². The number of amides is 1. The summed E-state index contributed by atoms with van der Waals surface area (Å²) in [5.41, 5.74) is 8.89. The van der Waals surface area contributed by atoms with Gasteiger partial charge in [0.15, 0.2) is 0 Å². The van der Waals surface area contributed by atoms with Crippen LogP contribution in [0.15, 0.2) is 76.8 Å². The zero-order valence-corrected chi connectivity index (χ0v) is 19.2. The maximum absolute atomic E-state index is 12.4. The van der Waals surface area contributed by atoms with E-state index >= 15 is 0 Å². The fourth-order valence-corrected chi connectivity index (χ4v) is 4.81. The van der Waals surface area contributed by atoms with E-state index in [0.29, 0.717) is 16.9 Å². The molecule has 2 aromatic carbocycles. The highest BCUT2D eigenvalue weighted by atomic mass is 32.2. The highest BCUT2D eigenvalue weighted by Crippen LogP contribution is 2.23. The zero-order valence-electron chi connectivity index (χ0n) is 17.6. The molecule has 0 saturated heterocycles. The van der Waals surface area contributed by atoms with Crippen molar-refractivity contribution in [3.05, 3.63) is 89.3 Å². The number of carbonyl (C=O) groups is 1. The van der Waals surface area contributed by atoms with E-state index in [1.54, 1.807) is 35.7 Å². The average molecular weight is 456 g/mol. The first kappa shape index (κ1) is 22.6. The third-order valence-electron chi connectivity index (χ3n) is 4.59. The predicted octanol–water partition coefficient (Wildman–Crippen LogP) is 4.75. The number of hydrogen-bond acceptors (Lipinski definition) is 5.